The molecule has 2 rings (SSSR count). The standard InChI is InChI=1S/C21H28N4O3/c1-4-27-17-9-10-19(28-5-2)18(14-17)25-21(22)24-12-11-15-7-6-8-16(13-15)20(26)23-3/h6-10,13-14H,4-5,11-12H2,1-3H3,(H,23,26)(H3,22,24,25). The molecular weight excluding hydrogens is 356 g/mol. The van der Waals surface area contributed by atoms with Crippen molar-refractivity contribution in [2.45, 2.75) is 20.3 Å². The summed E-state index contributed by atoms with van der Waals surface area (Å²) in [4.78, 5) is 16.1. The number of hydrogen-bond acceptors (Lipinski definition) is 4. The van der Waals surface area contributed by atoms with E-state index in [1.807, 2.05) is 50.2 Å². The highest BCUT2D eigenvalue weighted by Gasteiger charge is 2.07. The lowest BCUT2D eigenvalue weighted by atomic mass is 10.1. The van der Waals surface area contributed by atoms with Gasteiger partial charge < -0.3 is 25.8 Å². The second-order valence-electron chi connectivity index (χ2n) is 5.95. The Morgan fingerprint density at radius 1 is 1.11 bits per heavy atom. The molecule has 28 heavy (non-hydrogen) atoms. The molecule has 0 aromatic heterocycles. The smallest absolute Gasteiger partial charge is 0.251 e. The van der Waals surface area contributed by atoms with E-state index >= 15 is 0 Å². The molecule has 2 aromatic rings. The maximum Gasteiger partial charge on any atom is 0.251 e. The van der Waals surface area contributed by atoms with Crippen LogP contribution in [0.2, 0.25) is 0 Å². The molecule has 0 atom stereocenters. The topological polar surface area (TPSA) is 98.0 Å². The van der Waals surface area contributed by atoms with Crippen molar-refractivity contribution in [1.82, 2.24) is 5.32 Å². The number of nitrogens with zero attached hydrogens (tertiary/aromatic N) is 1. The lowest BCUT2D eigenvalue weighted by Crippen LogP contribution is -2.23. The van der Waals surface area contributed by atoms with Gasteiger partial charge in [-0.05, 0) is 50.1 Å². The molecule has 4 N–H and O–H groups in total. The molecule has 0 aliphatic rings. The minimum Gasteiger partial charge on any atom is -0.494 e. The normalized spacial score (nSPS) is 11.0. The summed E-state index contributed by atoms with van der Waals surface area (Å²) in [5.74, 6) is 1.59. The molecule has 0 aliphatic heterocycles. The van der Waals surface area contributed by atoms with Crippen molar-refractivity contribution in [3.63, 3.8) is 0 Å². The molecular formula is C21H28N4O3. The molecule has 0 bridgehead atoms. The Morgan fingerprint density at radius 2 is 1.89 bits per heavy atom. The predicted molar refractivity (Wildman–Crippen MR) is 112 cm³/mol. The van der Waals surface area contributed by atoms with Gasteiger partial charge in [0.2, 0.25) is 0 Å². The van der Waals surface area contributed by atoms with E-state index in [2.05, 4.69) is 15.6 Å². The number of nitrogens with two attached hydrogens (primary N) is 1. The van der Waals surface area contributed by atoms with Gasteiger partial charge in [-0.1, -0.05) is 12.1 Å². The van der Waals surface area contributed by atoms with Crippen molar-refractivity contribution in [2.75, 3.05) is 32.1 Å². The molecule has 150 valence electrons. The number of carbonyl (C=O) groups excluding carboxylic acids is 1. The molecule has 2 aromatic carbocycles. The molecule has 0 unspecified atom stereocenters. The van der Waals surface area contributed by atoms with Crippen LogP contribution in [-0.2, 0) is 6.42 Å². The Morgan fingerprint density at radius 3 is 2.61 bits per heavy atom. The van der Waals surface area contributed by atoms with Gasteiger partial charge in [0.05, 0.1) is 18.9 Å². The van der Waals surface area contributed by atoms with Crippen LogP contribution in [0, 0.1) is 0 Å². The first-order valence-electron chi connectivity index (χ1n) is 9.35. The zero-order chi connectivity index (χ0) is 20.4. The SMILES string of the molecule is CCOc1ccc(OCC)c(NC(N)=NCCc2cccc(C(=O)NC)c2)c1. The van der Waals surface area contributed by atoms with Gasteiger partial charge in [-0.15, -0.1) is 0 Å². The number of hydrogen-bond donors (Lipinski definition) is 3. The molecule has 0 saturated carbocycles. The number of ether oxygens (including phenoxy) is 2. The summed E-state index contributed by atoms with van der Waals surface area (Å²) >= 11 is 0. The fraction of sp³-hybridized carbons (Fsp3) is 0.333. The van der Waals surface area contributed by atoms with Gasteiger partial charge in [-0.25, -0.2) is 0 Å². The van der Waals surface area contributed by atoms with Gasteiger partial charge in [0.15, 0.2) is 5.96 Å². The van der Waals surface area contributed by atoms with Crippen LogP contribution in [0.4, 0.5) is 5.69 Å². The molecule has 7 nitrogen and oxygen atoms in total. The number of aliphatic imine (C=N–C) groups is 1. The van der Waals surface area contributed by atoms with E-state index in [9.17, 15) is 4.79 Å². The summed E-state index contributed by atoms with van der Waals surface area (Å²) in [5.41, 5.74) is 8.39. The summed E-state index contributed by atoms with van der Waals surface area (Å²) in [6.07, 6.45) is 0.671. The van der Waals surface area contributed by atoms with Crippen LogP contribution in [0.5, 0.6) is 11.5 Å². The summed E-state index contributed by atoms with van der Waals surface area (Å²) in [7, 11) is 1.61. The van der Waals surface area contributed by atoms with Crippen LogP contribution in [0.15, 0.2) is 47.5 Å². The van der Waals surface area contributed by atoms with Crippen molar-refractivity contribution in [3.8, 4) is 11.5 Å². The summed E-state index contributed by atoms with van der Waals surface area (Å²) < 4.78 is 11.2. The van der Waals surface area contributed by atoms with Gasteiger partial charge in [0.1, 0.15) is 11.5 Å². The third-order valence-electron chi connectivity index (χ3n) is 3.92. The van der Waals surface area contributed by atoms with Gasteiger partial charge >= 0.3 is 0 Å². The molecule has 0 fully saturated rings. The lowest BCUT2D eigenvalue weighted by molar-refractivity contribution is 0.0963. The number of guanidine groups is 1. The predicted octanol–water partition coefficient (Wildman–Crippen LogP) is 2.81. The van der Waals surface area contributed by atoms with Crippen LogP contribution in [0.3, 0.4) is 0 Å². The van der Waals surface area contributed by atoms with E-state index in [1.165, 1.54) is 0 Å². The summed E-state index contributed by atoms with van der Waals surface area (Å²) in [6.45, 7) is 5.46. The number of anilines is 1. The van der Waals surface area contributed by atoms with Crippen LogP contribution in [0.1, 0.15) is 29.8 Å². The van der Waals surface area contributed by atoms with Gasteiger partial charge in [0, 0.05) is 25.2 Å². The third-order valence-corrected chi connectivity index (χ3v) is 3.92. The Kier molecular flexibility index (Phi) is 8.14. The van der Waals surface area contributed by atoms with Crippen LogP contribution in [0.25, 0.3) is 0 Å². The van der Waals surface area contributed by atoms with Crippen LogP contribution >= 0.6 is 0 Å². The minimum atomic E-state index is -0.107. The van der Waals surface area contributed by atoms with Crippen molar-refractivity contribution in [3.05, 3.63) is 53.6 Å². The molecule has 0 spiro atoms. The van der Waals surface area contributed by atoms with E-state index < -0.39 is 0 Å². The molecule has 0 heterocycles. The van der Waals surface area contributed by atoms with E-state index in [0.717, 1.165) is 11.3 Å². The highest BCUT2D eigenvalue weighted by atomic mass is 16.5. The summed E-state index contributed by atoms with van der Waals surface area (Å²) in [6, 6.07) is 13.0. The average molecular weight is 384 g/mol. The first-order chi connectivity index (χ1) is 13.6. The van der Waals surface area contributed by atoms with E-state index in [-0.39, 0.29) is 11.9 Å². The number of rotatable bonds is 9. The fourth-order valence-corrected chi connectivity index (χ4v) is 2.64. The number of benzene rings is 2. The number of nitrogens with one attached hydrogen (secondary N) is 2. The van der Waals surface area contributed by atoms with Crippen molar-refractivity contribution < 1.29 is 14.3 Å². The zero-order valence-electron chi connectivity index (χ0n) is 16.6. The van der Waals surface area contributed by atoms with Crippen molar-refractivity contribution in [1.29, 1.82) is 0 Å². The van der Waals surface area contributed by atoms with Gasteiger partial charge in [-0.2, -0.15) is 0 Å². The second-order valence-corrected chi connectivity index (χ2v) is 5.95. The highest BCUT2D eigenvalue weighted by molar-refractivity contribution is 5.94. The lowest BCUT2D eigenvalue weighted by Gasteiger charge is -2.14. The molecule has 0 radical (unpaired) electrons. The Balaban J connectivity index is 2.02. The molecule has 0 aliphatic carbocycles. The fourth-order valence-electron chi connectivity index (χ4n) is 2.64. The number of amides is 1. The third kappa shape index (κ3) is 6.19. The largest absolute Gasteiger partial charge is 0.494 e. The Hall–Kier alpha value is -3.22. The Bertz CT molecular complexity index is 821. The quantitative estimate of drug-likeness (QED) is 0.456. The highest BCUT2D eigenvalue weighted by Crippen LogP contribution is 2.29. The van der Waals surface area contributed by atoms with E-state index in [4.69, 9.17) is 15.2 Å². The first-order valence-corrected chi connectivity index (χ1v) is 9.35. The average Bonchev–Trinajstić information content (AvgIpc) is 2.70. The van der Waals surface area contributed by atoms with E-state index in [1.54, 1.807) is 13.1 Å². The second kappa shape index (κ2) is 10.8. The molecule has 7 heteroatoms. The van der Waals surface area contributed by atoms with Crippen molar-refractivity contribution >= 4 is 17.6 Å². The summed E-state index contributed by atoms with van der Waals surface area (Å²) in [5, 5.41) is 5.70. The first kappa shape index (κ1) is 21.1. The zero-order valence-corrected chi connectivity index (χ0v) is 16.6. The maximum absolute atomic E-state index is 11.7. The van der Waals surface area contributed by atoms with Gasteiger partial charge in [-0.3, -0.25) is 9.79 Å². The van der Waals surface area contributed by atoms with Crippen molar-refractivity contribution in [2.24, 2.45) is 10.7 Å². The van der Waals surface area contributed by atoms with Crippen LogP contribution < -0.4 is 25.8 Å². The number of carbonyl (C=O) groups is 1. The molecule has 0 saturated heterocycles. The maximum atomic E-state index is 11.7. The van der Waals surface area contributed by atoms with E-state index in [0.29, 0.717) is 43.2 Å². The monoisotopic (exact) mass is 384 g/mol. The minimum absolute atomic E-state index is 0.107. The van der Waals surface area contributed by atoms with Gasteiger partial charge in [0.25, 0.3) is 5.91 Å². The van der Waals surface area contributed by atoms with Crippen LogP contribution in [-0.4, -0.2) is 38.7 Å². The Labute approximate surface area is 165 Å². The molecule has 1 amide bonds.